The molecule has 0 bridgehead atoms. The van der Waals surface area contributed by atoms with Gasteiger partial charge in [-0.25, -0.2) is 0 Å². The van der Waals surface area contributed by atoms with Gasteiger partial charge in [0.05, 0.1) is 5.69 Å². The Bertz CT molecular complexity index is 222. The predicted molar refractivity (Wildman–Crippen MR) is 61.5 cm³/mol. The van der Waals surface area contributed by atoms with E-state index >= 15 is 0 Å². The van der Waals surface area contributed by atoms with Crippen LogP contribution in [0.25, 0.3) is 0 Å². The highest BCUT2D eigenvalue weighted by Gasteiger charge is 2.02. The summed E-state index contributed by atoms with van der Waals surface area (Å²) in [6, 6.07) is 0. The van der Waals surface area contributed by atoms with Gasteiger partial charge in [0.1, 0.15) is 0 Å². The third kappa shape index (κ3) is 3.60. The van der Waals surface area contributed by atoms with Gasteiger partial charge in [0.2, 0.25) is 0 Å². The molecule has 82 valence electrons. The van der Waals surface area contributed by atoms with Crippen molar-refractivity contribution in [1.29, 1.82) is 0 Å². The van der Waals surface area contributed by atoms with Crippen LogP contribution in [0.2, 0.25) is 0 Å². The summed E-state index contributed by atoms with van der Waals surface area (Å²) in [5.74, 6) is 0. The molecule has 0 radical (unpaired) electrons. The molecular formula is C12H24N2. The Balaban J connectivity index is 2.04. The van der Waals surface area contributed by atoms with Gasteiger partial charge in [-0.3, -0.25) is 4.68 Å². The van der Waals surface area contributed by atoms with Gasteiger partial charge in [-0.15, -0.1) is 0 Å². The molecule has 0 fully saturated rings. The molecule has 1 rings (SSSR count). The third-order valence-electron chi connectivity index (χ3n) is 2.72. The zero-order chi connectivity index (χ0) is 10.2. The van der Waals surface area contributed by atoms with E-state index in [1.807, 2.05) is 0 Å². The molecule has 2 nitrogen and oxygen atoms in total. The van der Waals surface area contributed by atoms with Crippen molar-refractivity contribution >= 4 is 0 Å². The van der Waals surface area contributed by atoms with Crippen molar-refractivity contribution in [2.45, 2.75) is 65.3 Å². The average molecular weight is 196 g/mol. The number of hydrogen-bond donors (Lipinski definition) is 1. The number of nitrogens with one attached hydrogen (secondary N) is 1. The number of hydrogen-bond acceptors (Lipinski definition) is 0. The van der Waals surface area contributed by atoms with E-state index in [4.69, 9.17) is 0 Å². The van der Waals surface area contributed by atoms with Crippen molar-refractivity contribution in [3.8, 4) is 0 Å². The summed E-state index contributed by atoms with van der Waals surface area (Å²) in [7, 11) is 0. The van der Waals surface area contributed by atoms with Gasteiger partial charge in [-0.2, -0.15) is 0 Å². The van der Waals surface area contributed by atoms with E-state index in [1.165, 1.54) is 50.6 Å². The lowest BCUT2D eigenvalue weighted by Crippen LogP contribution is -2.14. The highest BCUT2D eigenvalue weighted by atomic mass is 15.3. The molecule has 2 heteroatoms. The summed E-state index contributed by atoms with van der Waals surface area (Å²) in [5.41, 5.74) is 1.50. The molecule has 0 aliphatic rings. The molecule has 14 heavy (non-hydrogen) atoms. The van der Waals surface area contributed by atoms with Gasteiger partial charge in [0.25, 0.3) is 0 Å². The number of aryl methyl sites for hydroxylation is 2. The van der Waals surface area contributed by atoms with E-state index in [-0.39, 0.29) is 0 Å². The molecule has 1 heterocycles. The first-order valence-corrected chi connectivity index (χ1v) is 6.11. The van der Waals surface area contributed by atoms with Crippen LogP contribution in [0.1, 0.15) is 58.1 Å². The molecule has 1 aromatic rings. The van der Waals surface area contributed by atoms with E-state index < -0.39 is 0 Å². The quantitative estimate of drug-likeness (QED) is 0.611. The van der Waals surface area contributed by atoms with E-state index in [0.29, 0.717) is 0 Å². The standard InChI is InChI=1S/C12H24N2/c1-3-5-6-7-8-9-12-11-13-14(12)10-4-2/h11,13H,3-10H2,1-2H3. The first kappa shape index (κ1) is 11.4. The lowest BCUT2D eigenvalue weighted by Gasteiger charge is -2.16. The van der Waals surface area contributed by atoms with Crippen LogP contribution in [0.4, 0.5) is 0 Å². The van der Waals surface area contributed by atoms with Crippen LogP contribution < -0.4 is 0 Å². The molecule has 0 aliphatic heterocycles. The third-order valence-corrected chi connectivity index (χ3v) is 2.72. The fourth-order valence-electron chi connectivity index (χ4n) is 1.80. The number of nitrogens with zero attached hydrogens (tertiary/aromatic N) is 1. The van der Waals surface area contributed by atoms with Crippen LogP contribution in [-0.2, 0) is 13.0 Å². The summed E-state index contributed by atoms with van der Waals surface area (Å²) in [5, 5.41) is 3.22. The molecule has 0 saturated heterocycles. The topological polar surface area (TPSA) is 20.7 Å². The van der Waals surface area contributed by atoms with Gasteiger partial charge in [-0.1, -0.05) is 39.5 Å². The van der Waals surface area contributed by atoms with Gasteiger partial charge >= 0.3 is 0 Å². The summed E-state index contributed by atoms with van der Waals surface area (Å²) < 4.78 is 2.28. The average Bonchev–Trinajstić information content (AvgIpc) is 2.18. The highest BCUT2D eigenvalue weighted by Crippen LogP contribution is 2.09. The number of unbranched alkanes of at least 4 members (excludes halogenated alkanes) is 4. The Hall–Kier alpha value is -0.660. The van der Waals surface area contributed by atoms with Gasteiger partial charge in [-0.05, 0) is 19.3 Å². The SMILES string of the molecule is CCCCCCCc1c[nH]n1CCC. The number of aromatic nitrogens is 2. The minimum absolute atomic E-state index is 1.15. The van der Waals surface area contributed by atoms with Crippen molar-refractivity contribution in [3.63, 3.8) is 0 Å². The maximum atomic E-state index is 3.22. The Morgan fingerprint density at radius 2 is 1.86 bits per heavy atom. The fourth-order valence-corrected chi connectivity index (χ4v) is 1.80. The Morgan fingerprint density at radius 1 is 1.07 bits per heavy atom. The van der Waals surface area contributed by atoms with Crippen LogP contribution in [-0.4, -0.2) is 9.78 Å². The highest BCUT2D eigenvalue weighted by molar-refractivity contribution is 4.97. The molecule has 0 spiro atoms. The predicted octanol–water partition coefficient (Wildman–Crippen LogP) is 3.74. The number of rotatable bonds is 8. The molecule has 0 saturated carbocycles. The minimum Gasteiger partial charge on any atom is -0.304 e. The van der Waals surface area contributed by atoms with Crippen molar-refractivity contribution in [2.75, 3.05) is 0 Å². The van der Waals surface area contributed by atoms with Crippen LogP contribution in [0.15, 0.2) is 6.20 Å². The molecule has 0 aromatic carbocycles. The molecule has 0 amide bonds. The maximum absolute atomic E-state index is 3.22. The Kier molecular flexibility index (Phi) is 5.50. The minimum atomic E-state index is 1.15. The van der Waals surface area contributed by atoms with E-state index in [0.717, 1.165) is 6.54 Å². The molecular weight excluding hydrogens is 172 g/mol. The Labute approximate surface area is 87.7 Å². The molecule has 1 aromatic heterocycles. The second-order valence-corrected chi connectivity index (χ2v) is 4.08. The summed E-state index contributed by atoms with van der Waals surface area (Å²) >= 11 is 0. The second kappa shape index (κ2) is 6.74. The lowest BCUT2D eigenvalue weighted by molar-refractivity contribution is 0.504. The van der Waals surface area contributed by atoms with Crippen LogP contribution in [0.3, 0.4) is 0 Å². The summed E-state index contributed by atoms with van der Waals surface area (Å²) in [6.07, 6.45) is 11.5. The second-order valence-electron chi connectivity index (χ2n) is 4.08. The van der Waals surface area contributed by atoms with E-state index in [2.05, 4.69) is 29.8 Å². The molecule has 1 N–H and O–H groups in total. The zero-order valence-corrected chi connectivity index (χ0v) is 9.68. The lowest BCUT2D eigenvalue weighted by atomic mass is 10.1. The van der Waals surface area contributed by atoms with Crippen LogP contribution >= 0.6 is 0 Å². The van der Waals surface area contributed by atoms with Crippen molar-refractivity contribution < 1.29 is 0 Å². The molecule has 0 unspecified atom stereocenters. The zero-order valence-electron chi connectivity index (χ0n) is 9.68. The van der Waals surface area contributed by atoms with Crippen molar-refractivity contribution in [3.05, 3.63) is 11.9 Å². The van der Waals surface area contributed by atoms with Crippen molar-refractivity contribution in [2.24, 2.45) is 0 Å². The van der Waals surface area contributed by atoms with Gasteiger partial charge in [0, 0.05) is 12.7 Å². The smallest absolute Gasteiger partial charge is 0.0521 e. The van der Waals surface area contributed by atoms with E-state index in [1.54, 1.807) is 0 Å². The fraction of sp³-hybridized carbons (Fsp3) is 0.833. The number of H-pyrrole nitrogens is 1. The molecule has 0 atom stereocenters. The first-order valence-electron chi connectivity index (χ1n) is 6.11. The number of aromatic amines is 1. The van der Waals surface area contributed by atoms with Crippen LogP contribution in [0.5, 0.6) is 0 Å². The monoisotopic (exact) mass is 196 g/mol. The van der Waals surface area contributed by atoms with Crippen LogP contribution in [0, 0.1) is 0 Å². The summed E-state index contributed by atoms with van der Waals surface area (Å²) in [4.78, 5) is 0. The van der Waals surface area contributed by atoms with Gasteiger partial charge < -0.3 is 5.10 Å². The summed E-state index contributed by atoms with van der Waals surface area (Å²) in [6.45, 7) is 5.64. The van der Waals surface area contributed by atoms with Gasteiger partial charge in [0.15, 0.2) is 0 Å². The largest absolute Gasteiger partial charge is 0.304 e. The first-order chi connectivity index (χ1) is 6.88. The normalized spacial score (nSPS) is 11.0. The van der Waals surface area contributed by atoms with E-state index in [9.17, 15) is 0 Å². The molecule has 0 aliphatic carbocycles. The maximum Gasteiger partial charge on any atom is 0.0521 e. The van der Waals surface area contributed by atoms with Crippen molar-refractivity contribution in [1.82, 2.24) is 9.78 Å². The Morgan fingerprint density at radius 3 is 2.43 bits per heavy atom.